The summed E-state index contributed by atoms with van der Waals surface area (Å²) in [5.74, 6) is 1.43. The van der Waals surface area contributed by atoms with E-state index >= 15 is 0 Å². The monoisotopic (exact) mass is 426 g/mol. The number of amides is 1. The Kier molecular flexibility index (Phi) is 5.58. The molecule has 3 aromatic carbocycles. The summed E-state index contributed by atoms with van der Waals surface area (Å²) in [7, 11) is 0. The van der Waals surface area contributed by atoms with E-state index in [2.05, 4.69) is 41.4 Å². The molecular weight excluding hydrogens is 396 g/mol. The van der Waals surface area contributed by atoms with Gasteiger partial charge in [-0.3, -0.25) is 9.69 Å². The van der Waals surface area contributed by atoms with E-state index < -0.39 is 5.60 Å². The fourth-order valence-electron chi connectivity index (χ4n) is 5.36. The summed E-state index contributed by atoms with van der Waals surface area (Å²) in [5, 5.41) is 14.6. The third-order valence-corrected chi connectivity index (χ3v) is 7.15. The average molecular weight is 427 g/mol. The summed E-state index contributed by atoms with van der Waals surface area (Å²) in [4.78, 5) is 15.8. The Hall–Kier alpha value is -2.95. The highest BCUT2D eigenvalue weighted by atomic mass is 16.3. The number of hydrogen-bond acceptors (Lipinski definition) is 3. The number of hydrogen-bond donors (Lipinski definition) is 2. The summed E-state index contributed by atoms with van der Waals surface area (Å²) in [6, 6.07) is 27.1. The fourth-order valence-corrected chi connectivity index (χ4v) is 5.36. The van der Waals surface area contributed by atoms with Gasteiger partial charge in [-0.15, -0.1) is 0 Å². The maximum absolute atomic E-state index is 13.3. The first kappa shape index (κ1) is 20.9. The van der Waals surface area contributed by atoms with Gasteiger partial charge < -0.3 is 10.4 Å². The van der Waals surface area contributed by atoms with E-state index in [-0.39, 0.29) is 5.91 Å². The van der Waals surface area contributed by atoms with Gasteiger partial charge in [0.25, 0.3) is 5.91 Å². The van der Waals surface area contributed by atoms with Crippen molar-refractivity contribution in [1.29, 1.82) is 0 Å². The van der Waals surface area contributed by atoms with Gasteiger partial charge in [-0.05, 0) is 41.4 Å². The number of carbonyl (C=O) groups is 1. The van der Waals surface area contributed by atoms with Crippen LogP contribution in [-0.4, -0.2) is 35.5 Å². The van der Waals surface area contributed by atoms with Gasteiger partial charge in [-0.25, -0.2) is 0 Å². The number of likely N-dealkylation sites (tertiary alicyclic amines) is 1. The van der Waals surface area contributed by atoms with Crippen molar-refractivity contribution in [3.8, 4) is 0 Å². The SMILES string of the molecule is Cc1cccc(CN2CC3C(CNC(=O)C(O)(c4ccccc4)c4ccccc4)C3C2)c1. The fraction of sp³-hybridized carbons (Fsp3) is 0.321. The topological polar surface area (TPSA) is 52.6 Å². The Morgan fingerprint density at radius 3 is 2.09 bits per heavy atom. The molecule has 5 rings (SSSR count). The lowest BCUT2D eigenvalue weighted by molar-refractivity contribution is -0.136. The Labute approximate surface area is 189 Å². The standard InChI is InChI=1S/C28H30N2O2/c1-20-9-8-10-21(15-20)17-30-18-25-24(26(25)19-30)16-29-27(31)28(32,22-11-4-2-5-12-22)23-13-6-3-7-14-23/h2-15,24-26,32H,16-19H2,1H3,(H,29,31). The molecule has 0 spiro atoms. The zero-order valence-corrected chi connectivity index (χ0v) is 18.4. The second-order valence-corrected chi connectivity index (χ2v) is 9.33. The second kappa shape index (κ2) is 8.53. The molecule has 1 aliphatic heterocycles. The average Bonchev–Trinajstić information content (AvgIpc) is 3.28. The van der Waals surface area contributed by atoms with E-state index in [0.717, 1.165) is 19.6 Å². The number of aryl methyl sites for hydroxylation is 1. The molecule has 0 bridgehead atoms. The molecule has 0 aromatic heterocycles. The van der Waals surface area contributed by atoms with E-state index in [9.17, 15) is 9.90 Å². The quantitative estimate of drug-likeness (QED) is 0.605. The number of carbonyl (C=O) groups excluding carboxylic acids is 1. The van der Waals surface area contributed by atoms with Crippen molar-refractivity contribution >= 4 is 5.91 Å². The van der Waals surface area contributed by atoms with Crippen LogP contribution in [0, 0.1) is 24.7 Å². The first-order valence-electron chi connectivity index (χ1n) is 11.5. The zero-order chi connectivity index (χ0) is 22.1. The summed E-state index contributed by atoms with van der Waals surface area (Å²) in [6.07, 6.45) is 0. The van der Waals surface area contributed by atoms with Gasteiger partial charge in [0.1, 0.15) is 0 Å². The Morgan fingerprint density at radius 2 is 1.53 bits per heavy atom. The Morgan fingerprint density at radius 1 is 0.938 bits per heavy atom. The highest BCUT2D eigenvalue weighted by molar-refractivity contribution is 5.90. The van der Waals surface area contributed by atoms with Crippen LogP contribution in [0.25, 0.3) is 0 Å². The van der Waals surface area contributed by atoms with Gasteiger partial charge in [-0.2, -0.15) is 0 Å². The first-order valence-corrected chi connectivity index (χ1v) is 11.5. The molecule has 32 heavy (non-hydrogen) atoms. The maximum atomic E-state index is 13.3. The molecule has 0 radical (unpaired) electrons. The van der Waals surface area contributed by atoms with Crippen LogP contribution >= 0.6 is 0 Å². The summed E-state index contributed by atoms with van der Waals surface area (Å²) in [6.45, 7) is 5.92. The van der Waals surface area contributed by atoms with E-state index in [0.29, 0.717) is 35.4 Å². The Bertz CT molecular complexity index is 1030. The number of fused-ring (bicyclic) bond motifs is 1. The molecule has 3 aromatic rings. The molecule has 2 atom stereocenters. The van der Waals surface area contributed by atoms with Gasteiger partial charge in [0.15, 0.2) is 5.60 Å². The summed E-state index contributed by atoms with van der Waals surface area (Å²) >= 11 is 0. The van der Waals surface area contributed by atoms with Crippen LogP contribution in [0.1, 0.15) is 22.3 Å². The van der Waals surface area contributed by atoms with E-state index in [4.69, 9.17) is 0 Å². The van der Waals surface area contributed by atoms with Gasteiger partial charge in [0.2, 0.25) is 0 Å². The summed E-state index contributed by atoms with van der Waals surface area (Å²) < 4.78 is 0. The third-order valence-electron chi connectivity index (χ3n) is 7.15. The van der Waals surface area contributed by atoms with Crippen molar-refractivity contribution in [3.05, 3.63) is 107 Å². The van der Waals surface area contributed by atoms with Crippen molar-refractivity contribution in [2.24, 2.45) is 17.8 Å². The van der Waals surface area contributed by atoms with Crippen LogP contribution in [0.5, 0.6) is 0 Å². The minimum absolute atomic E-state index is 0.350. The number of piperidine rings is 1. The number of aliphatic hydroxyl groups is 1. The molecule has 164 valence electrons. The zero-order valence-electron chi connectivity index (χ0n) is 18.4. The van der Waals surface area contributed by atoms with Crippen LogP contribution < -0.4 is 5.32 Å². The molecule has 1 heterocycles. The van der Waals surface area contributed by atoms with Crippen LogP contribution in [0.2, 0.25) is 0 Å². The van der Waals surface area contributed by atoms with E-state index in [1.165, 1.54) is 11.1 Å². The van der Waals surface area contributed by atoms with Crippen LogP contribution in [0.4, 0.5) is 0 Å². The molecule has 1 amide bonds. The van der Waals surface area contributed by atoms with Gasteiger partial charge >= 0.3 is 0 Å². The van der Waals surface area contributed by atoms with Crippen molar-refractivity contribution in [2.75, 3.05) is 19.6 Å². The highest BCUT2D eigenvalue weighted by Gasteiger charge is 2.55. The smallest absolute Gasteiger partial charge is 0.261 e. The maximum Gasteiger partial charge on any atom is 0.261 e. The number of nitrogens with zero attached hydrogens (tertiary/aromatic N) is 1. The third kappa shape index (κ3) is 3.96. The molecule has 1 saturated carbocycles. The highest BCUT2D eigenvalue weighted by Crippen LogP contribution is 2.51. The van der Waals surface area contributed by atoms with Crippen molar-refractivity contribution in [1.82, 2.24) is 10.2 Å². The minimum Gasteiger partial charge on any atom is -0.372 e. The normalized spacial score (nSPS) is 22.4. The molecular formula is C28H30N2O2. The van der Waals surface area contributed by atoms with E-state index in [1.807, 2.05) is 60.7 Å². The largest absolute Gasteiger partial charge is 0.372 e. The molecule has 2 aliphatic rings. The lowest BCUT2D eigenvalue weighted by Crippen LogP contribution is -2.46. The molecule has 1 saturated heterocycles. The molecule has 1 aliphatic carbocycles. The summed E-state index contributed by atoms with van der Waals surface area (Å²) in [5.41, 5.74) is 2.15. The van der Waals surface area contributed by atoms with Crippen molar-refractivity contribution < 1.29 is 9.90 Å². The number of nitrogens with one attached hydrogen (secondary N) is 1. The lowest BCUT2D eigenvalue weighted by atomic mass is 9.85. The van der Waals surface area contributed by atoms with E-state index in [1.54, 1.807) is 0 Å². The minimum atomic E-state index is -1.69. The van der Waals surface area contributed by atoms with Gasteiger partial charge in [0.05, 0.1) is 0 Å². The second-order valence-electron chi connectivity index (χ2n) is 9.33. The number of rotatable bonds is 7. The molecule has 2 N–H and O–H groups in total. The van der Waals surface area contributed by atoms with Crippen molar-refractivity contribution in [2.45, 2.75) is 19.1 Å². The number of benzene rings is 3. The molecule has 4 nitrogen and oxygen atoms in total. The van der Waals surface area contributed by atoms with Crippen LogP contribution in [0.15, 0.2) is 84.9 Å². The molecule has 4 heteroatoms. The van der Waals surface area contributed by atoms with Crippen LogP contribution in [0.3, 0.4) is 0 Å². The predicted octanol–water partition coefficient (Wildman–Crippen LogP) is 3.73. The van der Waals surface area contributed by atoms with Crippen LogP contribution in [-0.2, 0) is 16.9 Å². The Balaban J connectivity index is 1.21. The molecule has 2 unspecified atom stereocenters. The molecule has 2 fully saturated rings. The van der Waals surface area contributed by atoms with Gasteiger partial charge in [-0.1, -0.05) is 90.5 Å². The lowest BCUT2D eigenvalue weighted by Gasteiger charge is -2.28. The van der Waals surface area contributed by atoms with Gasteiger partial charge in [0, 0.05) is 26.2 Å². The predicted molar refractivity (Wildman–Crippen MR) is 126 cm³/mol. The first-order chi connectivity index (χ1) is 15.6. The van der Waals surface area contributed by atoms with Crippen molar-refractivity contribution in [3.63, 3.8) is 0 Å².